The molecule has 0 atom stereocenters. The van der Waals surface area contributed by atoms with E-state index in [1.54, 1.807) is 0 Å². The summed E-state index contributed by atoms with van der Waals surface area (Å²) in [6, 6.07) is 7.90. The van der Waals surface area contributed by atoms with Crippen LogP contribution in [0.25, 0.3) is 22.4 Å². The van der Waals surface area contributed by atoms with Gasteiger partial charge in [-0.1, -0.05) is 18.2 Å². The summed E-state index contributed by atoms with van der Waals surface area (Å²) in [7, 11) is 0. The Bertz CT molecular complexity index is 839. The predicted octanol–water partition coefficient (Wildman–Crippen LogP) is 2.85. The highest BCUT2D eigenvalue weighted by molar-refractivity contribution is 5.93. The highest BCUT2D eigenvalue weighted by Gasteiger charge is 2.21. The fraction of sp³-hybridized carbons (Fsp3) is 0.250. The molecule has 0 bridgehead atoms. The van der Waals surface area contributed by atoms with E-state index in [0.29, 0.717) is 24.9 Å². The van der Waals surface area contributed by atoms with E-state index < -0.39 is 0 Å². The van der Waals surface area contributed by atoms with Gasteiger partial charge in [-0.25, -0.2) is 9.97 Å². The van der Waals surface area contributed by atoms with Crippen LogP contribution in [0.5, 0.6) is 0 Å². The number of fused-ring (bicyclic) bond motifs is 2. The van der Waals surface area contributed by atoms with Gasteiger partial charge in [0, 0.05) is 17.4 Å². The summed E-state index contributed by atoms with van der Waals surface area (Å²) in [5, 5.41) is 1.02. The normalized spacial score (nSPS) is 14.3. The second-order valence-corrected chi connectivity index (χ2v) is 5.19. The van der Waals surface area contributed by atoms with Crippen LogP contribution in [0.4, 0.5) is 5.82 Å². The van der Waals surface area contributed by atoms with E-state index in [-0.39, 0.29) is 0 Å². The monoisotopic (exact) mass is 281 g/mol. The topological polar surface area (TPSA) is 74.2 Å². The van der Waals surface area contributed by atoms with Gasteiger partial charge in [0.25, 0.3) is 0 Å². The van der Waals surface area contributed by atoms with Crippen molar-refractivity contribution in [2.45, 2.75) is 20.0 Å². The maximum atomic E-state index is 6.08. The Balaban J connectivity index is 1.97. The Labute approximate surface area is 121 Å². The third-order valence-electron chi connectivity index (χ3n) is 3.85. The van der Waals surface area contributed by atoms with Crippen molar-refractivity contribution in [2.24, 2.45) is 0 Å². The molecule has 0 saturated carbocycles. The van der Waals surface area contributed by atoms with Crippen molar-refractivity contribution in [3.8, 4) is 11.4 Å². The minimum atomic E-state index is 0.493. The molecule has 106 valence electrons. The number of furan rings is 1. The quantitative estimate of drug-likeness (QED) is 0.742. The zero-order valence-corrected chi connectivity index (χ0v) is 11.7. The summed E-state index contributed by atoms with van der Waals surface area (Å²) >= 11 is 0. The highest BCUT2D eigenvalue weighted by Crippen LogP contribution is 2.34. The van der Waals surface area contributed by atoms with Crippen LogP contribution in [-0.2, 0) is 17.8 Å². The molecule has 3 heterocycles. The molecule has 0 aliphatic carbocycles. The Hall–Kier alpha value is -2.40. The van der Waals surface area contributed by atoms with Crippen LogP contribution in [0.3, 0.4) is 0 Å². The molecule has 2 aromatic heterocycles. The molecule has 0 amide bonds. The molecule has 0 spiro atoms. The van der Waals surface area contributed by atoms with Crippen LogP contribution in [0, 0.1) is 6.92 Å². The fourth-order valence-electron chi connectivity index (χ4n) is 2.81. The Morgan fingerprint density at radius 3 is 2.95 bits per heavy atom. The predicted molar refractivity (Wildman–Crippen MR) is 79.7 cm³/mol. The minimum Gasteiger partial charge on any atom is -0.461 e. The molecule has 0 unspecified atom stereocenters. The Morgan fingerprint density at radius 1 is 1.19 bits per heavy atom. The van der Waals surface area contributed by atoms with E-state index in [1.807, 2.05) is 31.2 Å². The molecule has 21 heavy (non-hydrogen) atoms. The van der Waals surface area contributed by atoms with Gasteiger partial charge in [0.2, 0.25) is 0 Å². The molecule has 1 aromatic carbocycles. The van der Waals surface area contributed by atoms with Crippen molar-refractivity contribution in [1.29, 1.82) is 0 Å². The summed E-state index contributed by atoms with van der Waals surface area (Å²) in [6.07, 6.45) is 0.768. The number of nitrogens with two attached hydrogens (primary N) is 1. The number of aryl methyl sites for hydroxylation is 1. The van der Waals surface area contributed by atoms with Gasteiger partial charge in [0.05, 0.1) is 24.5 Å². The van der Waals surface area contributed by atoms with Gasteiger partial charge in [-0.05, 0) is 13.0 Å². The van der Waals surface area contributed by atoms with E-state index in [4.69, 9.17) is 19.9 Å². The molecule has 3 aromatic rings. The average Bonchev–Trinajstić information content (AvgIpc) is 2.83. The van der Waals surface area contributed by atoms with Crippen molar-refractivity contribution in [2.75, 3.05) is 12.3 Å². The fourth-order valence-corrected chi connectivity index (χ4v) is 2.81. The molecule has 0 radical (unpaired) electrons. The van der Waals surface area contributed by atoms with Crippen molar-refractivity contribution in [3.63, 3.8) is 0 Å². The van der Waals surface area contributed by atoms with Crippen molar-refractivity contribution in [1.82, 2.24) is 9.97 Å². The number of hydrogen-bond donors (Lipinski definition) is 1. The van der Waals surface area contributed by atoms with Gasteiger partial charge < -0.3 is 14.9 Å². The zero-order chi connectivity index (χ0) is 14.4. The molecular formula is C16H15N3O2. The summed E-state index contributed by atoms with van der Waals surface area (Å²) in [5.74, 6) is 1.94. The number of nitrogen functional groups attached to an aromatic ring is 1. The lowest BCUT2D eigenvalue weighted by atomic mass is 10.1. The van der Waals surface area contributed by atoms with E-state index in [9.17, 15) is 0 Å². The second kappa shape index (κ2) is 4.56. The molecule has 1 aliphatic rings. The number of hydrogen-bond acceptors (Lipinski definition) is 5. The van der Waals surface area contributed by atoms with E-state index in [1.165, 1.54) is 0 Å². The van der Waals surface area contributed by atoms with E-state index in [0.717, 1.165) is 40.0 Å². The van der Waals surface area contributed by atoms with E-state index >= 15 is 0 Å². The van der Waals surface area contributed by atoms with Crippen LogP contribution in [0.15, 0.2) is 28.7 Å². The summed E-state index contributed by atoms with van der Waals surface area (Å²) in [4.78, 5) is 9.16. The first kappa shape index (κ1) is 12.3. The number of nitrogens with zero attached hydrogens (tertiary/aromatic N) is 2. The molecule has 0 saturated heterocycles. The number of ether oxygens (including phenoxy) is 1. The van der Waals surface area contributed by atoms with Gasteiger partial charge in [-0.15, -0.1) is 0 Å². The molecule has 0 fully saturated rings. The maximum absolute atomic E-state index is 6.08. The lowest BCUT2D eigenvalue weighted by molar-refractivity contribution is 0.109. The van der Waals surface area contributed by atoms with Crippen LogP contribution < -0.4 is 5.73 Å². The smallest absolute Gasteiger partial charge is 0.165 e. The van der Waals surface area contributed by atoms with Crippen molar-refractivity contribution >= 4 is 16.8 Å². The van der Waals surface area contributed by atoms with Crippen molar-refractivity contribution < 1.29 is 9.15 Å². The van der Waals surface area contributed by atoms with Crippen LogP contribution in [-0.4, -0.2) is 16.6 Å². The number of benzene rings is 1. The number of rotatable bonds is 1. The Morgan fingerprint density at radius 2 is 2.05 bits per heavy atom. The first-order valence-corrected chi connectivity index (χ1v) is 6.95. The lowest BCUT2D eigenvalue weighted by Crippen LogP contribution is -2.16. The maximum Gasteiger partial charge on any atom is 0.165 e. The standard InChI is InChI=1S/C16H15N3O2/c1-9-14(10-4-2-3-5-13(10)21-9)16-18-12-6-7-20-8-11(12)15(17)19-16/h2-5H,6-8H2,1H3,(H2,17,18,19). The molecule has 1 aliphatic heterocycles. The molecule has 5 heteroatoms. The average molecular weight is 281 g/mol. The number of aromatic nitrogens is 2. The largest absolute Gasteiger partial charge is 0.461 e. The van der Waals surface area contributed by atoms with Gasteiger partial charge in [-0.3, -0.25) is 0 Å². The summed E-state index contributed by atoms with van der Waals surface area (Å²) < 4.78 is 11.2. The molecule has 5 nitrogen and oxygen atoms in total. The van der Waals surface area contributed by atoms with Crippen molar-refractivity contribution in [3.05, 3.63) is 41.3 Å². The lowest BCUT2D eigenvalue weighted by Gasteiger charge is -2.17. The first-order chi connectivity index (χ1) is 10.2. The van der Waals surface area contributed by atoms with Gasteiger partial charge in [0.1, 0.15) is 17.2 Å². The van der Waals surface area contributed by atoms with Gasteiger partial charge >= 0.3 is 0 Å². The SMILES string of the molecule is Cc1oc2ccccc2c1-c1nc(N)c2c(n1)CCOC2. The summed E-state index contributed by atoms with van der Waals surface area (Å²) in [6.45, 7) is 3.10. The molecule has 4 rings (SSSR count). The van der Waals surface area contributed by atoms with E-state index in [2.05, 4.69) is 4.98 Å². The number of anilines is 1. The third-order valence-corrected chi connectivity index (χ3v) is 3.85. The van der Waals surface area contributed by atoms with Gasteiger partial charge in [-0.2, -0.15) is 0 Å². The third kappa shape index (κ3) is 1.89. The summed E-state index contributed by atoms with van der Waals surface area (Å²) in [5.41, 5.74) is 9.74. The van der Waals surface area contributed by atoms with Gasteiger partial charge in [0.15, 0.2) is 5.82 Å². The number of para-hydroxylation sites is 1. The Kier molecular flexibility index (Phi) is 2.68. The molecular weight excluding hydrogens is 266 g/mol. The van der Waals surface area contributed by atoms with Crippen LogP contribution in [0.2, 0.25) is 0 Å². The zero-order valence-electron chi connectivity index (χ0n) is 11.7. The minimum absolute atomic E-state index is 0.493. The second-order valence-electron chi connectivity index (χ2n) is 5.19. The first-order valence-electron chi connectivity index (χ1n) is 6.95. The highest BCUT2D eigenvalue weighted by atomic mass is 16.5. The van der Waals surface area contributed by atoms with Crippen LogP contribution in [0.1, 0.15) is 17.0 Å². The molecule has 2 N–H and O–H groups in total. The van der Waals surface area contributed by atoms with Crippen LogP contribution >= 0.6 is 0 Å².